The second-order valence-electron chi connectivity index (χ2n) is 7.14. The van der Waals surface area contributed by atoms with Gasteiger partial charge in [0.15, 0.2) is 11.0 Å². The molecule has 0 N–H and O–H groups in total. The maximum absolute atomic E-state index is 6.08. The van der Waals surface area contributed by atoms with Crippen LogP contribution in [0.25, 0.3) is 28.5 Å². The first-order valence-corrected chi connectivity index (χ1v) is 11.3. The van der Waals surface area contributed by atoms with E-state index in [4.69, 9.17) is 16.0 Å². The molecule has 0 amide bonds. The van der Waals surface area contributed by atoms with Crippen molar-refractivity contribution >= 4 is 23.4 Å². The molecular formula is C24H18ClN5OS. The van der Waals surface area contributed by atoms with Crippen LogP contribution in [0, 0.1) is 6.92 Å². The van der Waals surface area contributed by atoms with Crippen LogP contribution in [0.3, 0.4) is 0 Å². The summed E-state index contributed by atoms with van der Waals surface area (Å²) < 4.78 is 7.88. The first-order chi connectivity index (χ1) is 15.7. The van der Waals surface area contributed by atoms with Gasteiger partial charge in [-0.05, 0) is 61.0 Å². The van der Waals surface area contributed by atoms with E-state index >= 15 is 0 Å². The minimum Gasteiger partial charge on any atom is -0.420 e. The van der Waals surface area contributed by atoms with E-state index in [9.17, 15) is 0 Å². The average molecular weight is 460 g/mol. The molecule has 2 aromatic heterocycles. The molecule has 6 nitrogen and oxygen atoms in total. The zero-order chi connectivity index (χ0) is 21.9. The first kappa shape index (κ1) is 20.5. The van der Waals surface area contributed by atoms with Gasteiger partial charge in [-0.25, -0.2) is 0 Å². The highest BCUT2D eigenvalue weighted by Gasteiger charge is 2.18. The zero-order valence-electron chi connectivity index (χ0n) is 17.1. The van der Waals surface area contributed by atoms with E-state index in [1.165, 1.54) is 11.8 Å². The Labute approximate surface area is 194 Å². The van der Waals surface area contributed by atoms with Gasteiger partial charge in [0.2, 0.25) is 11.8 Å². The molecule has 0 atom stereocenters. The monoisotopic (exact) mass is 459 g/mol. The maximum Gasteiger partial charge on any atom is 0.247 e. The van der Waals surface area contributed by atoms with Crippen molar-refractivity contribution in [1.29, 1.82) is 0 Å². The molecule has 0 fully saturated rings. The summed E-state index contributed by atoms with van der Waals surface area (Å²) in [6, 6.07) is 25.5. The van der Waals surface area contributed by atoms with E-state index in [0.717, 1.165) is 33.4 Å². The highest BCUT2D eigenvalue weighted by Crippen LogP contribution is 2.31. The van der Waals surface area contributed by atoms with Gasteiger partial charge in [-0.3, -0.25) is 4.57 Å². The largest absolute Gasteiger partial charge is 0.420 e. The second-order valence-corrected chi connectivity index (χ2v) is 8.52. The Morgan fingerprint density at radius 2 is 1.66 bits per heavy atom. The molecule has 0 aliphatic heterocycles. The normalized spacial score (nSPS) is 11.1. The van der Waals surface area contributed by atoms with Crippen molar-refractivity contribution in [3.63, 3.8) is 0 Å². The molecule has 0 aliphatic rings. The van der Waals surface area contributed by atoms with Crippen LogP contribution in [0.4, 0.5) is 0 Å². The minimum absolute atomic E-state index is 0.477. The van der Waals surface area contributed by atoms with Crippen molar-refractivity contribution in [2.24, 2.45) is 0 Å². The topological polar surface area (TPSA) is 69.6 Å². The van der Waals surface area contributed by atoms with Crippen molar-refractivity contribution in [1.82, 2.24) is 25.0 Å². The number of halogens is 1. The summed E-state index contributed by atoms with van der Waals surface area (Å²) in [5.41, 5.74) is 3.96. The number of nitrogens with zero attached hydrogens (tertiary/aromatic N) is 5. The van der Waals surface area contributed by atoms with Crippen molar-refractivity contribution in [2.45, 2.75) is 17.8 Å². The van der Waals surface area contributed by atoms with Crippen LogP contribution in [-0.4, -0.2) is 25.0 Å². The molecule has 5 aromatic rings. The molecule has 0 aliphatic carbocycles. The van der Waals surface area contributed by atoms with Crippen LogP contribution in [0.2, 0.25) is 5.02 Å². The third kappa shape index (κ3) is 4.30. The first-order valence-electron chi connectivity index (χ1n) is 9.96. The molecule has 0 bridgehead atoms. The molecule has 158 valence electrons. The van der Waals surface area contributed by atoms with E-state index in [1.807, 2.05) is 71.3 Å². The Bertz CT molecular complexity index is 1350. The predicted molar refractivity (Wildman–Crippen MR) is 126 cm³/mol. The summed E-state index contributed by atoms with van der Waals surface area (Å²) in [6.07, 6.45) is 0. The molecule has 32 heavy (non-hydrogen) atoms. The predicted octanol–water partition coefficient (Wildman–Crippen LogP) is 6.24. The summed E-state index contributed by atoms with van der Waals surface area (Å²) in [4.78, 5) is 0. The lowest BCUT2D eigenvalue weighted by Crippen LogP contribution is -2.00. The lowest BCUT2D eigenvalue weighted by atomic mass is 10.2. The van der Waals surface area contributed by atoms with Crippen LogP contribution in [0.1, 0.15) is 11.5 Å². The van der Waals surface area contributed by atoms with Crippen LogP contribution in [-0.2, 0) is 5.75 Å². The van der Waals surface area contributed by atoms with Crippen molar-refractivity contribution in [2.75, 3.05) is 0 Å². The molecular weight excluding hydrogens is 442 g/mol. The fraction of sp³-hybridized carbons (Fsp3) is 0.0833. The molecule has 3 aromatic carbocycles. The average Bonchev–Trinajstić information content (AvgIpc) is 3.46. The lowest BCUT2D eigenvalue weighted by molar-refractivity contribution is 0.528. The van der Waals surface area contributed by atoms with Gasteiger partial charge in [-0.2, -0.15) is 0 Å². The lowest BCUT2D eigenvalue weighted by Gasteiger charge is -2.11. The summed E-state index contributed by atoms with van der Waals surface area (Å²) in [6.45, 7) is 2.06. The molecule has 0 radical (unpaired) electrons. The van der Waals surface area contributed by atoms with Gasteiger partial charge >= 0.3 is 0 Å². The molecule has 0 saturated carbocycles. The Morgan fingerprint density at radius 3 is 2.44 bits per heavy atom. The number of hydrogen-bond acceptors (Lipinski definition) is 6. The second kappa shape index (κ2) is 8.98. The quantitative estimate of drug-likeness (QED) is 0.280. The van der Waals surface area contributed by atoms with E-state index in [-0.39, 0.29) is 0 Å². The smallest absolute Gasteiger partial charge is 0.247 e. The van der Waals surface area contributed by atoms with E-state index in [1.54, 1.807) is 0 Å². The Kier molecular flexibility index (Phi) is 5.75. The summed E-state index contributed by atoms with van der Waals surface area (Å²) in [7, 11) is 0. The van der Waals surface area contributed by atoms with Crippen LogP contribution >= 0.6 is 23.4 Å². The number of thioether (sulfide) groups is 1. The van der Waals surface area contributed by atoms with Gasteiger partial charge in [0.25, 0.3) is 0 Å². The number of aryl methyl sites for hydroxylation is 1. The third-order valence-corrected chi connectivity index (χ3v) is 5.97. The van der Waals surface area contributed by atoms with E-state index in [2.05, 4.69) is 39.5 Å². The number of hydrogen-bond donors (Lipinski definition) is 0. The molecule has 2 heterocycles. The van der Waals surface area contributed by atoms with Crippen LogP contribution < -0.4 is 0 Å². The standard InChI is InChI=1S/C24H18ClN5OS/c1-16-6-5-9-20(14-16)30-22(17-10-12-19(25)13-11-17)27-29-24(30)32-15-21-26-28-23(31-21)18-7-3-2-4-8-18/h2-14H,15H2,1H3. The molecule has 5 rings (SSSR count). The molecule has 0 spiro atoms. The fourth-order valence-electron chi connectivity index (χ4n) is 3.28. The van der Waals surface area contributed by atoms with Crippen molar-refractivity contribution in [3.8, 4) is 28.5 Å². The van der Waals surface area contributed by atoms with Crippen molar-refractivity contribution < 1.29 is 4.42 Å². The molecule has 0 unspecified atom stereocenters. The van der Waals surface area contributed by atoms with E-state index in [0.29, 0.717) is 22.6 Å². The van der Waals surface area contributed by atoms with Crippen molar-refractivity contribution in [3.05, 3.63) is 95.3 Å². The zero-order valence-corrected chi connectivity index (χ0v) is 18.7. The Morgan fingerprint density at radius 1 is 0.844 bits per heavy atom. The van der Waals surface area contributed by atoms with E-state index < -0.39 is 0 Å². The number of rotatable bonds is 6. The molecule has 8 heteroatoms. The highest BCUT2D eigenvalue weighted by atomic mass is 35.5. The summed E-state index contributed by atoms with van der Waals surface area (Å²) in [5, 5.41) is 18.7. The number of aromatic nitrogens is 5. The summed E-state index contributed by atoms with van der Waals surface area (Å²) in [5.74, 6) is 2.25. The summed E-state index contributed by atoms with van der Waals surface area (Å²) >= 11 is 7.57. The van der Waals surface area contributed by atoms with Gasteiger partial charge < -0.3 is 4.42 Å². The molecule has 0 saturated heterocycles. The van der Waals surface area contributed by atoms with Gasteiger partial charge in [0.05, 0.1) is 5.75 Å². The Hall–Kier alpha value is -3.42. The van der Waals surface area contributed by atoms with Crippen LogP contribution in [0.15, 0.2) is 88.4 Å². The number of benzene rings is 3. The Balaban J connectivity index is 1.46. The SMILES string of the molecule is Cc1cccc(-n2c(SCc3nnc(-c4ccccc4)o3)nnc2-c2ccc(Cl)cc2)c1. The van der Waals surface area contributed by atoms with Gasteiger partial charge in [-0.1, -0.05) is 53.7 Å². The van der Waals surface area contributed by atoms with Gasteiger partial charge in [0, 0.05) is 21.8 Å². The van der Waals surface area contributed by atoms with Gasteiger partial charge in [-0.15, -0.1) is 20.4 Å². The van der Waals surface area contributed by atoms with Crippen LogP contribution in [0.5, 0.6) is 0 Å². The highest BCUT2D eigenvalue weighted by molar-refractivity contribution is 7.98. The van der Waals surface area contributed by atoms with Gasteiger partial charge in [0.1, 0.15) is 0 Å². The fourth-order valence-corrected chi connectivity index (χ4v) is 4.20. The maximum atomic E-state index is 6.08. The minimum atomic E-state index is 0.477. The third-order valence-electron chi connectivity index (χ3n) is 4.81.